The highest BCUT2D eigenvalue weighted by Crippen LogP contribution is 2.37. The van der Waals surface area contributed by atoms with Gasteiger partial charge in [-0.25, -0.2) is 0 Å². The Morgan fingerprint density at radius 3 is 1.54 bits per heavy atom. The molecule has 4 nitrogen and oxygen atoms in total. The fraction of sp³-hybridized carbons (Fsp3) is 0.409. The van der Waals surface area contributed by atoms with Crippen LogP contribution in [-0.4, -0.2) is 31.2 Å². The molecule has 4 heteroatoms. The van der Waals surface area contributed by atoms with E-state index in [1.807, 2.05) is 36.4 Å². The first kappa shape index (κ1) is 18.5. The van der Waals surface area contributed by atoms with Crippen molar-refractivity contribution in [3.8, 4) is 11.5 Å². The maximum atomic E-state index is 10.8. The number of aliphatic hydroxyl groups excluding tert-OH is 1. The van der Waals surface area contributed by atoms with E-state index >= 15 is 0 Å². The molecule has 0 amide bonds. The molecule has 0 atom stereocenters. The third-order valence-electron chi connectivity index (χ3n) is 5.24. The minimum absolute atomic E-state index is 0.0768. The SMILES string of the molecule is COc1ccc(C2CC(=O)C2)cc1.COc1ccc(C2CC(O)C2)cc1. The molecule has 2 fully saturated rings. The summed E-state index contributed by atoms with van der Waals surface area (Å²) in [4.78, 5) is 10.8. The van der Waals surface area contributed by atoms with Gasteiger partial charge in [-0.15, -0.1) is 0 Å². The summed E-state index contributed by atoms with van der Waals surface area (Å²) in [5.41, 5.74) is 2.56. The molecule has 4 rings (SSSR count). The Morgan fingerprint density at radius 1 is 0.769 bits per heavy atom. The summed E-state index contributed by atoms with van der Waals surface area (Å²) in [7, 11) is 3.32. The summed E-state index contributed by atoms with van der Waals surface area (Å²) in [5.74, 6) is 3.15. The molecule has 0 aliphatic heterocycles. The molecule has 0 aromatic heterocycles. The van der Waals surface area contributed by atoms with Crippen LogP contribution in [0.4, 0.5) is 0 Å². The van der Waals surface area contributed by atoms with Gasteiger partial charge in [0.05, 0.1) is 20.3 Å². The second-order valence-corrected chi connectivity index (χ2v) is 7.01. The largest absolute Gasteiger partial charge is 0.497 e. The molecular formula is C22H26O4. The number of carbonyl (C=O) groups excluding carboxylic acids is 1. The van der Waals surface area contributed by atoms with Gasteiger partial charge in [0.15, 0.2) is 0 Å². The van der Waals surface area contributed by atoms with Crippen LogP contribution in [0.2, 0.25) is 0 Å². The van der Waals surface area contributed by atoms with Crippen molar-refractivity contribution in [3.63, 3.8) is 0 Å². The topological polar surface area (TPSA) is 55.8 Å². The lowest BCUT2D eigenvalue weighted by atomic mass is 9.78. The van der Waals surface area contributed by atoms with E-state index in [1.165, 1.54) is 11.1 Å². The van der Waals surface area contributed by atoms with Crippen LogP contribution in [0.1, 0.15) is 48.6 Å². The highest BCUT2D eigenvalue weighted by atomic mass is 16.5. The van der Waals surface area contributed by atoms with Crippen molar-refractivity contribution in [2.45, 2.75) is 43.6 Å². The van der Waals surface area contributed by atoms with E-state index in [0.29, 0.717) is 30.5 Å². The minimum Gasteiger partial charge on any atom is -0.497 e. The predicted molar refractivity (Wildman–Crippen MR) is 101 cm³/mol. The fourth-order valence-electron chi connectivity index (χ4n) is 3.34. The van der Waals surface area contributed by atoms with E-state index in [2.05, 4.69) is 12.1 Å². The molecule has 138 valence electrons. The quantitative estimate of drug-likeness (QED) is 0.899. The van der Waals surface area contributed by atoms with Gasteiger partial charge >= 0.3 is 0 Å². The van der Waals surface area contributed by atoms with Crippen LogP contribution in [0.5, 0.6) is 11.5 Å². The van der Waals surface area contributed by atoms with Crippen molar-refractivity contribution in [3.05, 3.63) is 59.7 Å². The molecule has 2 aromatic rings. The first-order valence-electron chi connectivity index (χ1n) is 9.06. The fourth-order valence-corrected chi connectivity index (χ4v) is 3.34. The molecule has 0 unspecified atom stereocenters. The van der Waals surface area contributed by atoms with Crippen molar-refractivity contribution >= 4 is 5.78 Å². The molecule has 0 radical (unpaired) electrons. The third kappa shape index (κ3) is 4.44. The molecular weight excluding hydrogens is 328 g/mol. The Morgan fingerprint density at radius 2 is 1.19 bits per heavy atom. The van der Waals surface area contributed by atoms with Crippen molar-refractivity contribution < 1.29 is 19.4 Å². The zero-order chi connectivity index (χ0) is 18.5. The smallest absolute Gasteiger partial charge is 0.134 e. The zero-order valence-electron chi connectivity index (χ0n) is 15.4. The van der Waals surface area contributed by atoms with E-state index < -0.39 is 0 Å². The number of hydrogen-bond donors (Lipinski definition) is 1. The molecule has 26 heavy (non-hydrogen) atoms. The number of aliphatic hydroxyl groups is 1. The normalized spacial score (nSPS) is 21.7. The van der Waals surface area contributed by atoms with Crippen molar-refractivity contribution in [2.75, 3.05) is 14.2 Å². The zero-order valence-corrected chi connectivity index (χ0v) is 15.4. The molecule has 0 bridgehead atoms. The molecule has 2 aliphatic rings. The molecule has 0 heterocycles. The molecule has 1 N–H and O–H groups in total. The molecule has 2 aromatic carbocycles. The van der Waals surface area contributed by atoms with Crippen molar-refractivity contribution in [1.29, 1.82) is 0 Å². The van der Waals surface area contributed by atoms with Gasteiger partial charge in [0.25, 0.3) is 0 Å². The van der Waals surface area contributed by atoms with E-state index in [4.69, 9.17) is 14.6 Å². The van der Waals surface area contributed by atoms with Crippen LogP contribution >= 0.6 is 0 Å². The summed E-state index contributed by atoms with van der Waals surface area (Å²) < 4.78 is 10.1. The molecule has 2 saturated carbocycles. The Labute approximate surface area is 154 Å². The van der Waals surface area contributed by atoms with Crippen LogP contribution in [0.3, 0.4) is 0 Å². The van der Waals surface area contributed by atoms with E-state index in [1.54, 1.807) is 14.2 Å². The molecule has 0 spiro atoms. The van der Waals surface area contributed by atoms with Gasteiger partial charge in [-0.1, -0.05) is 24.3 Å². The Hall–Kier alpha value is -2.33. The van der Waals surface area contributed by atoms with E-state index in [9.17, 15) is 4.79 Å². The number of methoxy groups -OCH3 is 2. The maximum absolute atomic E-state index is 10.8. The van der Waals surface area contributed by atoms with Gasteiger partial charge in [-0.2, -0.15) is 0 Å². The van der Waals surface area contributed by atoms with Crippen LogP contribution < -0.4 is 9.47 Å². The number of ether oxygens (including phenoxy) is 2. The van der Waals surface area contributed by atoms with Crippen LogP contribution in [0, 0.1) is 0 Å². The number of Topliss-reactive ketones (excluding diaryl/α,β-unsaturated/α-hetero) is 1. The third-order valence-corrected chi connectivity index (χ3v) is 5.24. The predicted octanol–water partition coefficient (Wildman–Crippen LogP) is 4.08. The van der Waals surface area contributed by atoms with Gasteiger partial charge in [0.2, 0.25) is 0 Å². The van der Waals surface area contributed by atoms with Gasteiger partial charge in [0, 0.05) is 12.8 Å². The van der Waals surface area contributed by atoms with Gasteiger partial charge < -0.3 is 14.6 Å². The molecule has 2 aliphatic carbocycles. The van der Waals surface area contributed by atoms with E-state index in [-0.39, 0.29) is 6.10 Å². The van der Waals surface area contributed by atoms with Crippen molar-refractivity contribution in [1.82, 2.24) is 0 Å². The second kappa shape index (κ2) is 8.37. The van der Waals surface area contributed by atoms with Gasteiger partial charge in [-0.05, 0) is 60.1 Å². The van der Waals surface area contributed by atoms with Gasteiger partial charge in [-0.3, -0.25) is 4.79 Å². The first-order chi connectivity index (χ1) is 12.6. The summed E-state index contributed by atoms with van der Waals surface area (Å²) in [6.07, 6.45) is 3.17. The van der Waals surface area contributed by atoms with Crippen LogP contribution in [0.25, 0.3) is 0 Å². The molecule has 0 saturated heterocycles. The maximum Gasteiger partial charge on any atom is 0.134 e. The number of carbonyl (C=O) groups is 1. The lowest BCUT2D eigenvalue weighted by Gasteiger charge is -2.31. The monoisotopic (exact) mass is 354 g/mol. The Balaban J connectivity index is 0.000000151. The highest BCUT2D eigenvalue weighted by Gasteiger charge is 2.28. The summed E-state index contributed by atoms with van der Waals surface area (Å²) in [6, 6.07) is 16.1. The number of ketones is 1. The number of rotatable bonds is 4. The first-order valence-corrected chi connectivity index (χ1v) is 9.06. The van der Waals surface area contributed by atoms with Crippen LogP contribution in [0.15, 0.2) is 48.5 Å². The lowest BCUT2D eigenvalue weighted by molar-refractivity contribution is -0.124. The number of benzene rings is 2. The van der Waals surface area contributed by atoms with Crippen LogP contribution in [-0.2, 0) is 4.79 Å². The Kier molecular flexibility index (Phi) is 5.94. The highest BCUT2D eigenvalue weighted by molar-refractivity contribution is 5.86. The Bertz CT molecular complexity index is 707. The summed E-state index contributed by atoms with van der Waals surface area (Å²) in [5, 5.41) is 9.16. The van der Waals surface area contributed by atoms with Crippen molar-refractivity contribution in [2.24, 2.45) is 0 Å². The van der Waals surface area contributed by atoms with Gasteiger partial charge in [0.1, 0.15) is 17.3 Å². The average Bonchev–Trinajstić information content (AvgIpc) is 2.64. The number of hydrogen-bond acceptors (Lipinski definition) is 4. The second-order valence-electron chi connectivity index (χ2n) is 7.01. The average molecular weight is 354 g/mol. The summed E-state index contributed by atoms with van der Waals surface area (Å²) >= 11 is 0. The minimum atomic E-state index is -0.0768. The standard InChI is InChI=1S/C11H14O2.C11H12O2/c2*1-13-11-4-2-8(3-5-11)9-6-10(12)7-9/h2-5,9-10,12H,6-7H2,1H3;2-5,9H,6-7H2,1H3. The summed E-state index contributed by atoms with van der Waals surface area (Å²) in [6.45, 7) is 0. The lowest BCUT2D eigenvalue weighted by Crippen LogP contribution is -2.26. The van der Waals surface area contributed by atoms with E-state index in [0.717, 1.165) is 24.3 Å².